The van der Waals surface area contributed by atoms with E-state index in [9.17, 15) is 0 Å². The van der Waals surface area contributed by atoms with Crippen LogP contribution in [0.3, 0.4) is 0 Å². The number of benzene rings is 1. The molecule has 0 amide bonds. The van der Waals surface area contributed by atoms with Crippen molar-refractivity contribution in [3.05, 3.63) is 30.0 Å². The number of fused-ring (bicyclic) bond motifs is 1. The number of rotatable bonds is 7. The summed E-state index contributed by atoms with van der Waals surface area (Å²) in [6.45, 7) is 7.73. The van der Waals surface area contributed by atoms with Crippen molar-refractivity contribution < 1.29 is 0 Å². The van der Waals surface area contributed by atoms with Crippen LogP contribution in [0.15, 0.2) is 24.3 Å². The molecular formula is C17H27N3. The van der Waals surface area contributed by atoms with E-state index in [1.807, 2.05) is 11.7 Å². The van der Waals surface area contributed by atoms with Gasteiger partial charge in [-0.25, -0.2) is 0 Å². The van der Waals surface area contributed by atoms with Gasteiger partial charge in [0.05, 0.1) is 17.3 Å². The molecule has 0 saturated heterocycles. The molecule has 110 valence electrons. The lowest BCUT2D eigenvalue weighted by Gasteiger charge is -2.16. The SMILES string of the molecule is CCNC(CCCC(C)C)c1nn(C)c2ccccc12. The maximum absolute atomic E-state index is 4.76. The Kier molecular flexibility index (Phi) is 5.18. The van der Waals surface area contributed by atoms with Crippen molar-refractivity contribution in [1.29, 1.82) is 0 Å². The Hall–Kier alpha value is -1.35. The molecule has 20 heavy (non-hydrogen) atoms. The van der Waals surface area contributed by atoms with E-state index in [1.165, 1.54) is 29.4 Å². The Labute approximate surface area is 122 Å². The van der Waals surface area contributed by atoms with Gasteiger partial charge in [0, 0.05) is 12.4 Å². The molecule has 0 aliphatic carbocycles. The number of nitrogens with one attached hydrogen (secondary N) is 1. The fraction of sp³-hybridized carbons (Fsp3) is 0.588. The Balaban J connectivity index is 2.22. The summed E-state index contributed by atoms with van der Waals surface area (Å²) in [6.07, 6.45) is 3.69. The standard InChI is InChI=1S/C17H27N3/c1-5-18-15(11-8-9-13(2)3)17-14-10-6-7-12-16(14)20(4)19-17/h6-7,10,12-13,15,18H,5,8-9,11H2,1-4H3. The molecule has 0 aliphatic heterocycles. The minimum atomic E-state index is 0.366. The van der Waals surface area contributed by atoms with Crippen molar-refractivity contribution in [3.8, 4) is 0 Å². The van der Waals surface area contributed by atoms with Gasteiger partial charge < -0.3 is 5.32 Å². The Bertz CT molecular complexity index is 542. The third-order valence-corrected chi connectivity index (χ3v) is 3.84. The van der Waals surface area contributed by atoms with Crippen LogP contribution in [0.5, 0.6) is 0 Å². The van der Waals surface area contributed by atoms with Crippen molar-refractivity contribution >= 4 is 10.9 Å². The second kappa shape index (κ2) is 6.89. The molecule has 1 unspecified atom stereocenters. The maximum atomic E-state index is 4.76. The first-order valence-electron chi connectivity index (χ1n) is 7.78. The Morgan fingerprint density at radius 1 is 1.20 bits per heavy atom. The van der Waals surface area contributed by atoms with Crippen LogP contribution in [0, 0.1) is 5.92 Å². The zero-order valence-corrected chi connectivity index (χ0v) is 13.2. The summed E-state index contributed by atoms with van der Waals surface area (Å²) in [4.78, 5) is 0. The van der Waals surface area contributed by atoms with Crippen molar-refractivity contribution in [2.24, 2.45) is 13.0 Å². The van der Waals surface area contributed by atoms with Gasteiger partial charge in [-0.3, -0.25) is 4.68 Å². The van der Waals surface area contributed by atoms with E-state index in [-0.39, 0.29) is 0 Å². The van der Waals surface area contributed by atoms with Gasteiger partial charge in [-0.05, 0) is 24.9 Å². The molecule has 1 heterocycles. The molecular weight excluding hydrogens is 246 g/mol. The van der Waals surface area contributed by atoms with E-state index < -0.39 is 0 Å². The van der Waals surface area contributed by atoms with Gasteiger partial charge in [0.1, 0.15) is 0 Å². The molecule has 0 radical (unpaired) electrons. The third-order valence-electron chi connectivity index (χ3n) is 3.84. The first-order valence-corrected chi connectivity index (χ1v) is 7.78. The van der Waals surface area contributed by atoms with Gasteiger partial charge in [-0.15, -0.1) is 0 Å². The summed E-state index contributed by atoms with van der Waals surface area (Å²) >= 11 is 0. The second-order valence-corrected chi connectivity index (χ2v) is 5.96. The number of hydrogen-bond donors (Lipinski definition) is 1. The molecule has 1 atom stereocenters. The normalized spacial score (nSPS) is 13.2. The molecule has 0 bridgehead atoms. The molecule has 1 aromatic heterocycles. The maximum Gasteiger partial charge on any atom is 0.0872 e. The van der Waals surface area contributed by atoms with E-state index >= 15 is 0 Å². The summed E-state index contributed by atoms with van der Waals surface area (Å²) < 4.78 is 2.00. The summed E-state index contributed by atoms with van der Waals surface area (Å²) in [5.74, 6) is 0.776. The van der Waals surface area contributed by atoms with Gasteiger partial charge in [0.15, 0.2) is 0 Å². The van der Waals surface area contributed by atoms with Crippen molar-refractivity contribution in [2.45, 2.75) is 46.1 Å². The van der Waals surface area contributed by atoms with Crippen LogP contribution in [-0.2, 0) is 7.05 Å². The topological polar surface area (TPSA) is 29.9 Å². The predicted octanol–water partition coefficient (Wildman–Crippen LogP) is 4.05. The lowest BCUT2D eigenvalue weighted by Crippen LogP contribution is -2.21. The molecule has 1 N–H and O–H groups in total. The molecule has 0 fully saturated rings. The average molecular weight is 273 g/mol. The lowest BCUT2D eigenvalue weighted by molar-refractivity contribution is 0.447. The minimum absolute atomic E-state index is 0.366. The first-order chi connectivity index (χ1) is 9.63. The van der Waals surface area contributed by atoms with E-state index in [1.54, 1.807) is 0 Å². The van der Waals surface area contributed by atoms with Crippen LogP contribution < -0.4 is 5.32 Å². The number of para-hydroxylation sites is 1. The number of aromatic nitrogens is 2. The number of aryl methyl sites for hydroxylation is 1. The Morgan fingerprint density at radius 2 is 1.95 bits per heavy atom. The second-order valence-electron chi connectivity index (χ2n) is 5.96. The monoisotopic (exact) mass is 273 g/mol. The van der Waals surface area contributed by atoms with Crippen LogP contribution >= 0.6 is 0 Å². The van der Waals surface area contributed by atoms with Gasteiger partial charge in [0.25, 0.3) is 0 Å². The zero-order valence-electron chi connectivity index (χ0n) is 13.2. The van der Waals surface area contributed by atoms with Crippen molar-refractivity contribution in [3.63, 3.8) is 0 Å². The van der Waals surface area contributed by atoms with Crippen molar-refractivity contribution in [2.75, 3.05) is 6.54 Å². The molecule has 3 nitrogen and oxygen atoms in total. The van der Waals surface area contributed by atoms with Crippen LogP contribution in [-0.4, -0.2) is 16.3 Å². The van der Waals surface area contributed by atoms with Crippen LogP contribution in [0.25, 0.3) is 10.9 Å². The highest BCUT2D eigenvalue weighted by Gasteiger charge is 2.17. The third kappa shape index (κ3) is 3.40. The quantitative estimate of drug-likeness (QED) is 0.824. The van der Waals surface area contributed by atoms with Gasteiger partial charge in [-0.2, -0.15) is 5.10 Å². The fourth-order valence-electron chi connectivity index (χ4n) is 2.81. The van der Waals surface area contributed by atoms with Gasteiger partial charge in [-0.1, -0.05) is 51.8 Å². The highest BCUT2D eigenvalue weighted by Crippen LogP contribution is 2.27. The lowest BCUT2D eigenvalue weighted by atomic mass is 9.99. The van der Waals surface area contributed by atoms with E-state index in [0.717, 1.165) is 18.9 Å². The summed E-state index contributed by atoms with van der Waals surface area (Å²) in [7, 11) is 2.03. The number of nitrogens with zero attached hydrogens (tertiary/aromatic N) is 2. The molecule has 3 heteroatoms. The smallest absolute Gasteiger partial charge is 0.0872 e. The highest BCUT2D eigenvalue weighted by molar-refractivity contribution is 5.82. The van der Waals surface area contributed by atoms with Crippen LogP contribution in [0.4, 0.5) is 0 Å². The molecule has 2 rings (SSSR count). The van der Waals surface area contributed by atoms with E-state index in [0.29, 0.717) is 6.04 Å². The molecule has 0 saturated carbocycles. The first kappa shape index (κ1) is 15.0. The molecule has 1 aromatic carbocycles. The molecule has 0 aliphatic rings. The molecule has 2 aromatic rings. The van der Waals surface area contributed by atoms with E-state index in [2.05, 4.69) is 50.4 Å². The average Bonchev–Trinajstić information content (AvgIpc) is 2.75. The highest BCUT2D eigenvalue weighted by atomic mass is 15.3. The predicted molar refractivity (Wildman–Crippen MR) is 85.8 cm³/mol. The summed E-state index contributed by atoms with van der Waals surface area (Å²) in [5, 5.41) is 9.65. The van der Waals surface area contributed by atoms with Gasteiger partial charge >= 0.3 is 0 Å². The fourth-order valence-corrected chi connectivity index (χ4v) is 2.81. The van der Waals surface area contributed by atoms with Crippen molar-refractivity contribution in [1.82, 2.24) is 15.1 Å². The van der Waals surface area contributed by atoms with Crippen LogP contribution in [0.1, 0.15) is 51.8 Å². The van der Waals surface area contributed by atoms with E-state index in [4.69, 9.17) is 5.10 Å². The molecule has 0 spiro atoms. The summed E-state index contributed by atoms with van der Waals surface area (Å²) in [6, 6.07) is 8.87. The zero-order chi connectivity index (χ0) is 14.5. The largest absolute Gasteiger partial charge is 0.309 e. The minimum Gasteiger partial charge on any atom is -0.309 e. The Morgan fingerprint density at radius 3 is 2.65 bits per heavy atom. The number of hydrogen-bond acceptors (Lipinski definition) is 2. The van der Waals surface area contributed by atoms with Gasteiger partial charge in [0.2, 0.25) is 0 Å². The summed E-state index contributed by atoms with van der Waals surface area (Å²) in [5.41, 5.74) is 2.42. The van der Waals surface area contributed by atoms with Crippen LogP contribution in [0.2, 0.25) is 0 Å².